The number of nitrogens with zero attached hydrogens (tertiary/aromatic N) is 4. The third kappa shape index (κ3) is 3.28. The SMILES string of the molecule is Cc1ccc(COc2cccc(N(C3CCC3)[N+]34C=CN=CC3=CN=C4)c2)cc1. The van der Waals surface area contributed by atoms with Gasteiger partial charge in [0.05, 0.1) is 30.3 Å². The van der Waals surface area contributed by atoms with Crippen molar-refractivity contribution in [1.82, 2.24) is 0 Å². The lowest BCUT2D eigenvalue weighted by Crippen LogP contribution is -2.61. The second-order valence-corrected chi connectivity index (χ2v) is 7.83. The van der Waals surface area contributed by atoms with Crippen LogP contribution in [-0.4, -0.2) is 23.2 Å². The Morgan fingerprint density at radius 1 is 1.10 bits per heavy atom. The van der Waals surface area contributed by atoms with Crippen molar-refractivity contribution < 1.29 is 9.33 Å². The molecule has 0 radical (unpaired) electrons. The molecule has 2 aromatic rings. The molecule has 2 aromatic carbocycles. The Hall–Kier alpha value is -3.18. The molecule has 0 saturated heterocycles. The van der Waals surface area contributed by atoms with Gasteiger partial charge in [-0.1, -0.05) is 35.9 Å². The van der Waals surface area contributed by atoms with Gasteiger partial charge in [0.25, 0.3) is 0 Å². The summed E-state index contributed by atoms with van der Waals surface area (Å²) >= 11 is 0. The Morgan fingerprint density at radius 3 is 2.76 bits per heavy atom. The molecule has 0 amide bonds. The van der Waals surface area contributed by atoms with E-state index in [1.807, 2.05) is 31.0 Å². The number of aliphatic imine (C=N–C) groups is 2. The van der Waals surface area contributed by atoms with Gasteiger partial charge in [0.2, 0.25) is 12.0 Å². The van der Waals surface area contributed by atoms with Crippen LogP contribution in [0.2, 0.25) is 0 Å². The highest BCUT2D eigenvalue weighted by Gasteiger charge is 2.46. The average Bonchev–Trinajstić information content (AvgIpc) is 3.15. The standard InChI is InChI=1S/C24H25N4O/c1-19-8-10-20(11-9-19)17-29-24-7-3-6-22(14-24)27(21-4-2-5-21)28-13-12-25-15-23(28)16-26-18-28/h3,6-16,18,21H,2,4-5,17H2,1H3/q+1. The Bertz CT molecular complexity index is 1020. The zero-order valence-electron chi connectivity index (χ0n) is 16.6. The van der Waals surface area contributed by atoms with Crippen molar-refractivity contribution in [2.75, 3.05) is 5.01 Å². The first kappa shape index (κ1) is 17.9. The molecule has 1 atom stereocenters. The van der Waals surface area contributed by atoms with Crippen LogP contribution in [0, 0.1) is 6.92 Å². The van der Waals surface area contributed by atoms with Gasteiger partial charge in [-0.25, -0.2) is 10.0 Å². The molecule has 1 saturated carbocycles. The van der Waals surface area contributed by atoms with E-state index >= 15 is 0 Å². The Kier molecular flexibility index (Phi) is 4.52. The summed E-state index contributed by atoms with van der Waals surface area (Å²) in [6.45, 7) is 2.66. The number of benzene rings is 2. The summed E-state index contributed by atoms with van der Waals surface area (Å²) in [7, 11) is 0. The molecular weight excluding hydrogens is 360 g/mol. The zero-order valence-corrected chi connectivity index (χ0v) is 16.6. The van der Waals surface area contributed by atoms with E-state index in [-0.39, 0.29) is 0 Å². The van der Waals surface area contributed by atoms with Crippen LogP contribution in [-0.2, 0) is 6.61 Å². The van der Waals surface area contributed by atoms with Crippen molar-refractivity contribution in [2.24, 2.45) is 9.98 Å². The third-order valence-electron chi connectivity index (χ3n) is 5.84. The van der Waals surface area contributed by atoms with E-state index in [1.165, 1.54) is 30.4 Å². The molecule has 0 spiro atoms. The van der Waals surface area contributed by atoms with E-state index in [9.17, 15) is 0 Å². The second-order valence-electron chi connectivity index (χ2n) is 7.83. The third-order valence-corrected chi connectivity index (χ3v) is 5.84. The number of ether oxygens (including phenoxy) is 1. The molecule has 2 aliphatic heterocycles. The summed E-state index contributed by atoms with van der Waals surface area (Å²) in [5.41, 5.74) is 4.63. The van der Waals surface area contributed by atoms with Crippen molar-refractivity contribution >= 4 is 18.2 Å². The van der Waals surface area contributed by atoms with Crippen molar-refractivity contribution in [1.29, 1.82) is 0 Å². The van der Waals surface area contributed by atoms with Crippen LogP contribution in [0.3, 0.4) is 0 Å². The molecule has 5 rings (SSSR count). The lowest BCUT2D eigenvalue weighted by atomic mass is 9.91. The van der Waals surface area contributed by atoms with Crippen molar-refractivity contribution in [2.45, 2.75) is 38.8 Å². The largest absolute Gasteiger partial charge is 0.489 e. The normalized spacial score (nSPS) is 22.2. The zero-order chi connectivity index (χ0) is 19.7. The second kappa shape index (κ2) is 7.33. The molecule has 3 aliphatic rings. The Labute approximate surface area is 171 Å². The van der Waals surface area contributed by atoms with E-state index in [4.69, 9.17) is 4.74 Å². The monoisotopic (exact) mass is 385 g/mol. The number of anilines is 1. The maximum atomic E-state index is 6.12. The number of quaternary nitrogens is 1. The number of hydrogen-bond acceptors (Lipinski definition) is 4. The van der Waals surface area contributed by atoms with E-state index in [1.54, 1.807) is 0 Å². The molecular formula is C24H25N4O+. The van der Waals surface area contributed by atoms with Crippen molar-refractivity contribution in [3.8, 4) is 5.75 Å². The van der Waals surface area contributed by atoms with Gasteiger partial charge in [0.1, 0.15) is 12.4 Å². The quantitative estimate of drug-likeness (QED) is 0.649. The van der Waals surface area contributed by atoms with Crippen LogP contribution in [0.4, 0.5) is 5.69 Å². The Morgan fingerprint density at radius 2 is 1.97 bits per heavy atom. The van der Waals surface area contributed by atoms with Gasteiger partial charge in [-0.05, 0) is 43.9 Å². The number of allylic oxidation sites excluding steroid dienone is 1. The predicted octanol–water partition coefficient (Wildman–Crippen LogP) is 5.10. The summed E-state index contributed by atoms with van der Waals surface area (Å²) in [4.78, 5) is 8.77. The fourth-order valence-corrected chi connectivity index (χ4v) is 4.00. The van der Waals surface area contributed by atoms with E-state index in [2.05, 4.69) is 70.6 Å². The molecule has 0 aromatic heterocycles. The van der Waals surface area contributed by atoms with E-state index < -0.39 is 0 Å². The van der Waals surface area contributed by atoms with Crippen molar-refractivity contribution in [3.63, 3.8) is 0 Å². The number of rotatable bonds is 6. The van der Waals surface area contributed by atoms with Crippen molar-refractivity contribution in [3.05, 3.63) is 84.0 Å². The highest BCUT2D eigenvalue weighted by atomic mass is 16.5. The average molecular weight is 385 g/mol. The summed E-state index contributed by atoms with van der Waals surface area (Å²) < 4.78 is 6.59. The first-order chi connectivity index (χ1) is 14.2. The minimum Gasteiger partial charge on any atom is -0.489 e. The van der Waals surface area contributed by atoms with Gasteiger partial charge < -0.3 is 4.74 Å². The maximum absolute atomic E-state index is 6.12. The highest BCUT2D eigenvalue weighted by molar-refractivity contribution is 5.82. The van der Waals surface area contributed by atoms with Crippen LogP contribution in [0.1, 0.15) is 30.4 Å². The highest BCUT2D eigenvalue weighted by Crippen LogP contribution is 2.39. The first-order valence-corrected chi connectivity index (χ1v) is 10.2. The number of aryl methyl sites for hydroxylation is 1. The summed E-state index contributed by atoms with van der Waals surface area (Å²) in [6.07, 6.45) is 13.4. The minimum atomic E-state index is 0.464. The van der Waals surface area contributed by atoms with Gasteiger partial charge in [-0.15, -0.1) is 4.59 Å². The van der Waals surface area contributed by atoms with Crippen LogP contribution in [0.5, 0.6) is 5.75 Å². The smallest absolute Gasteiger partial charge is 0.225 e. The molecule has 1 fully saturated rings. The van der Waals surface area contributed by atoms with Gasteiger partial charge in [-0.3, -0.25) is 4.99 Å². The van der Waals surface area contributed by atoms with E-state index in [0.29, 0.717) is 17.2 Å². The molecule has 1 aliphatic carbocycles. The van der Waals surface area contributed by atoms with Crippen LogP contribution >= 0.6 is 0 Å². The molecule has 146 valence electrons. The molecule has 1 unspecified atom stereocenters. The van der Waals surface area contributed by atoms with Crippen LogP contribution < -0.4 is 9.75 Å². The molecule has 29 heavy (non-hydrogen) atoms. The summed E-state index contributed by atoms with van der Waals surface area (Å²) in [5.74, 6) is 0.877. The molecule has 5 heteroatoms. The van der Waals surface area contributed by atoms with Crippen LogP contribution in [0.25, 0.3) is 0 Å². The lowest BCUT2D eigenvalue weighted by Gasteiger charge is -2.46. The number of hydrogen-bond donors (Lipinski definition) is 0. The van der Waals surface area contributed by atoms with Gasteiger partial charge in [0.15, 0.2) is 6.20 Å². The Balaban J connectivity index is 1.43. The van der Waals surface area contributed by atoms with E-state index in [0.717, 1.165) is 17.1 Å². The topological polar surface area (TPSA) is 37.2 Å². The molecule has 5 nitrogen and oxygen atoms in total. The van der Waals surface area contributed by atoms with Gasteiger partial charge in [-0.2, -0.15) is 0 Å². The fourth-order valence-electron chi connectivity index (χ4n) is 4.00. The fraction of sp³-hybridized carbons (Fsp3) is 0.250. The lowest BCUT2D eigenvalue weighted by molar-refractivity contribution is -0.746. The number of fused-ring (bicyclic) bond motifs is 1. The maximum Gasteiger partial charge on any atom is 0.225 e. The van der Waals surface area contributed by atoms with Gasteiger partial charge in [0, 0.05) is 6.07 Å². The molecule has 0 N–H and O–H groups in total. The van der Waals surface area contributed by atoms with Gasteiger partial charge >= 0.3 is 0 Å². The predicted molar refractivity (Wildman–Crippen MR) is 117 cm³/mol. The summed E-state index contributed by atoms with van der Waals surface area (Å²) in [6, 6.07) is 17.3. The first-order valence-electron chi connectivity index (χ1n) is 10.2. The molecule has 0 bridgehead atoms. The minimum absolute atomic E-state index is 0.464. The summed E-state index contributed by atoms with van der Waals surface area (Å²) in [5, 5.41) is 2.44. The molecule has 2 heterocycles. The van der Waals surface area contributed by atoms with Crippen LogP contribution in [0.15, 0.2) is 82.8 Å².